The molecule has 3 rings (SSSR count). The van der Waals surface area contributed by atoms with Gasteiger partial charge in [0.05, 0.1) is 11.7 Å². The molecule has 1 atom stereocenters. The topological polar surface area (TPSA) is 46.3 Å². The Labute approximate surface area is 135 Å². The van der Waals surface area contributed by atoms with Crippen LogP contribution < -0.4 is 0 Å². The summed E-state index contributed by atoms with van der Waals surface area (Å²) in [5, 5.41) is 0. The standard InChI is InChI=1S/C18H21FN2O2/c1-3-16-20-12(2)17(23-16)18(22)21-11-5-4-6-15(21)13-7-9-14(19)10-8-13/h7-10,15H,3-6,11H2,1-2H3/t15-/m1/s1. The number of nitrogens with zero attached hydrogens (tertiary/aromatic N) is 2. The molecule has 122 valence electrons. The van der Waals surface area contributed by atoms with Gasteiger partial charge in [-0.2, -0.15) is 0 Å². The number of aromatic nitrogens is 1. The van der Waals surface area contributed by atoms with E-state index in [1.165, 1.54) is 12.1 Å². The van der Waals surface area contributed by atoms with Crippen molar-refractivity contribution in [3.63, 3.8) is 0 Å². The third-order valence-corrected chi connectivity index (χ3v) is 4.36. The Morgan fingerprint density at radius 2 is 2.09 bits per heavy atom. The fourth-order valence-electron chi connectivity index (χ4n) is 3.14. The SMILES string of the molecule is CCc1nc(C)c(C(=O)N2CCCC[C@@H]2c2ccc(F)cc2)o1. The number of likely N-dealkylation sites (tertiary alicyclic amines) is 1. The van der Waals surface area contributed by atoms with Crippen molar-refractivity contribution in [2.24, 2.45) is 0 Å². The fourth-order valence-corrected chi connectivity index (χ4v) is 3.14. The Morgan fingerprint density at radius 3 is 2.74 bits per heavy atom. The van der Waals surface area contributed by atoms with Gasteiger partial charge in [-0.1, -0.05) is 19.1 Å². The number of piperidine rings is 1. The summed E-state index contributed by atoms with van der Waals surface area (Å²) in [5.74, 6) is 0.530. The molecule has 0 radical (unpaired) electrons. The van der Waals surface area contributed by atoms with Gasteiger partial charge in [0.2, 0.25) is 5.76 Å². The maximum absolute atomic E-state index is 13.2. The van der Waals surface area contributed by atoms with Crippen molar-refractivity contribution in [3.8, 4) is 0 Å². The van der Waals surface area contributed by atoms with Gasteiger partial charge in [-0.05, 0) is 43.9 Å². The summed E-state index contributed by atoms with van der Waals surface area (Å²) >= 11 is 0. The minimum absolute atomic E-state index is 0.0357. The summed E-state index contributed by atoms with van der Waals surface area (Å²) in [6.07, 6.45) is 3.57. The van der Waals surface area contributed by atoms with Gasteiger partial charge >= 0.3 is 0 Å². The van der Waals surface area contributed by atoms with Gasteiger partial charge in [-0.25, -0.2) is 9.37 Å². The Morgan fingerprint density at radius 1 is 1.35 bits per heavy atom. The highest BCUT2D eigenvalue weighted by Gasteiger charge is 2.31. The minimum Gasteiger partial charge on any atom is -0.435 e. The normalized spacial score (nSPS) is 18.2. The molecule has 23 heavy (non-hydrogen) atoms. The molecule has 5 heteroatoms. The summed E-state index contributed by atoms with van der Waals surface area (Å²) in [6, 6.07) is 6.38. The van der Waals surface area contributed by atoms with Crippen LogP contribution in [0.15, 0.2) is 28.7 Å². The van der Waals surface area contributed by atoms with E-state index in [0.29, 0.717) is 30.3 Å². The number of carbonyl (C=O) groups is 1. The van der Waals surface area contributed by atoms with Crippen molar-refractivity contribution in [1.82, 2.24) is 9.88 Å². The van der Waals surface area contributed by atoms with Crippen LogP contribution in [0.3, 0.4) is 0 Å². The molecule has 1 aromatic heterocycles. The number of benzene rings is 1. The average molecular weight is 316 g/mol. The molecule has 0 bridgehead atoms. The van der Waals surface area contributed by atoms with Gasteiger partial charge in [0, 0.05) is 13.0 Å². The van der Waals surface area contributed by atoms with Gasteiger partial charge in [0.25, 0.3) is 5.91 Å². The molecule has 4 nitrogen and oxygen atoms in total. The maximum Gasteiger partial charge on any atom is 0.292 e. The van der Waals surface area contributed by atoms with Crippen molar-refractivity contribution < 1.29 is 13.6 Å². The number of halogens is 1. The first-order valence-electron chi connectivity index (χ1n) is 8.13. The third kappa shape index (κ3) is 3.14. The smallest absolute Gasteiger partial charge is 0.292 e. The van der Waals surface area contributed by atoms with Crippen LogP contribution in [0, 0.1) is 12.7 Å². The minimum atomic E-state index is -0.263. The molecule has 1 fully saturated rings. The van der Waals surface area contributed by atoms with E-state index < -0.39 is 0 Å². The zero-order valence-electron chi connectivity index (χ0n) is 13.5. The predicted octanol–water partition coefficient (Wildman–Crippen LogP) is 4.05. The maximum atomic E-state index is 13.2. The Kier molecular flexibility index (Phi) is 4.46. The first kappa shape index (κ1) is 15.7. The van der Waals surface area contributed by atoms with E-state index in [4.69, 9.17) is 4.42 Å². The van der Waals surface area contributed by atoms with Crippen molar-refractivity contribution in [1.29, 1.82) is 0 Å². The second-order valence-corrected chi connectivity index (χ2v) is 5.94. The van der Waals surface area contributed by atoms with E-state index >= 15 is 0 Å². The predicted molar refractivity (Wildman–Crippen MR) is 84.6 cm³/mol. The Hall–Kier alpha value is -2.17. The number of oxazole rings is 1. The largest absolute Gasteiger partial charge is 0.435 e. The lowest BCUT2D eigenvalue weighted by atomic mass is 9.95. The molecule has 1 aromatic carbocycles. The van der Waals surface area contributed by atoms with Crippen molar-refractivity contribution >= 4 is 5.91 Å². The van der Waals surface area contributed by atoms with Gasteiger partial charge < -0.3 is 9.32 Å². The molecule has 1 amide bonds. The molecule has 0 saturated carbocycles. The van der Waals surface area contributed by atoms with Gasteiger partial charge in [0.15, 0.2) is 5.89 Å². The molecule has 0 N–H and O–H groups in total. The van der Waals surface area contributed by atoms with Crippen molar-refractivity contribution in [3.05, 3.63) is 53.0 Å². The van der Waals surface area contributed by atoms with E-state index in [1.54, 1.807) is 19.1 Å². The fraction of sp³-hybridized carbons (Fsp3) is 0.444. The zero-order chi connectivity index (χ0) is 16.4. The first-order valence-corrected chi connectivity index (χ1v) is 8.13. The number of aryl methyl sites for hydroxylation is 2. The molecule has 1 aliphatic rings. The van der Waals surface area contributed by atoms with E-state index in [9.17, 15) is 9.18 Å². The number of hydrogen-bond donors (Lipinski definition) is 0. The van der Waals surface area contributed by atoms with Crippen LogP contribution in [0.5, 0.6) is 0 Å². The highest BCUT2D eigenvalue weighted by molar-refractivity contribution is 5.92. The summed E-state index contributed by atoms with van der Waals surface area (Å²) in [5.41, 5.74) is 1.60. The molecule has 0 unspecified atom stereocenters. The molecule has 2 aromatic rings. The summed E-state index contributed by atoms with van der Waals surface area (Å²) in [7, 11) is 0. The van der Waals surface area contributed by atoms with E-state index in [2.05, 4.69) is 4.98 Å². The molecule has 1 saturated heterocycles. The first-order chi connectivity index (χ1) is 11.1. The van der Waals surface area contributed by atoms with Crippen LogP contribution in [0.2, 0.25) is 0 Å². The molecular formula is C18H21FN2O2. The molecule has 0 aliphatic carbocycles. The molecule has 2 heterocycles. The van der Waals surface area contributed by atoms with E-state index in [-0.39, 0.29) is 17.8 Å². The lowest BCUT2D eigenvalue weighted by Crippen LogP contribution is -2.38. The number of rotatable bonds is 3. The average Bonchev–Trinajstić information content (AvgIpc) is 2.96. The van der Waals surface area contributed by atoms with Gasteiger partial charge in [-0.3, -0.25) is 4.79 Å². The highest BCUT2D eigenvalue weighted by Crippen LogP contribution is 2.32. The number of carbonyl (C=O) groups excluding carboxylic acids is 1. The quantitative estimate of drug-likeness (QED) is 0.858. The highest BCUT2D eigenvalue weighted by atomic mass is 19.1. The molecule has 0 spiro atoms. The second-order valence-electron chi connectivity index (χ2n) is 5.94. The zero-order valence-corrected chi connectivity index (χ0v) is 13.5. The van der Waals surface area contributed by atoms with Crippen LogP contribution in [-0.2, 0) is 6.42 Å². The van der Waals surface area contributed by atoms with Crippen LogP contribution >= 0.6 is 0 Å². The summed E-state index contributed by atoms with van der Waals surface area (Å²) in [6.45, 7) is 4.43. The van der Waals surface area contributed by atoms with Crippen molar-refractivity contribution in [2.45, 2.75) is 45.6 Å². The summed E-state index contributed by atoms with van der Waals surface area (Å²) < 4.78 is 18.8. The van der Waals surface area contributed by atoms with Crippen LogP contribution in [0.1, 0.15) is 59.9 Å². The molecule has 1 aliphatic heterocycles. The van der Waals surface area contributed by atoms with Crippen LogP contribution in [0.25, 0.3) is 0 Å². The van der Waals surface area contributed by atoms with Gasteiger partial charge in [-0.15, -0.1) is 0 Å². The lowest BCUT2D eigenvalue weighted by Gasteiger charge is -2.35. The van der Waals surface area contributed by atoms with E-state index in [0.717, 1.165) is 24.8 Å². The summed E-state index contributed by atoms with van der Waals surface area (Å²) in [4.78, 5) is 19.0. The van der Waals surface area contributed by atoms with Crippen LogP contribution in [0.4, 0.5) is 4.39 Å². The van der Waals surface area contributed by atoms with Crippen molar-refractivity contribution in [2.75, 3.05) is 6.54 Å². The Balaban J connectivity index is 1.89. The molecular weight excluding hydrogens is 295 g/mol. The second kappa shape index (κ2) is 6.52. The monoisotopic (exact) mass is 316 g/mol. The Bertz CT molecular complexity index is 694. The lowest BCUT2D eigenvalue weighted by molar-refractivity contribution is 0.0576. The third-order valence-electron chi connectivity index (χ3n) is 4.36. The number of hydrogen-bond acceptors (Lipinski definition) is 3. The number of amides is 1. The van der Waals surface area contributed by atoms with Crippen LogP contribution in [-0.4, -0.2) is 22.3 Å². The van der Waals surface area contributed by atoms with E-state index in [1.807, 2.05) is 11.8 Å². The van der Waals surface area contributed by atoms with Gasteiger partial charge in [0.1, 0.15) is 5.82 Å².